The number of aryl methyl sites for hydroxylation is 1. The van der Waals surface area contributed by atoms with Crippen LogP contribution >= 0.6 is 8.30 Å². The molecule has 0 N–H and O–H groups in total. The maximum atomic E-state index is 14.2. The standard InChI is InChI=1S/C54H62N3O10P/c1-11-30-52(7,8)65-47(59)33-68(57(36(2)3)37(4)5)67-49-48-50(56-32-38(6)45(55-51(56)60)31-46(58)39-18-14-12-15-19-39)66-53(49,34-63-48)35-64-54(40-20-16-13-17-21-40,41-22-26-43(61-9)27-23-41)42-24-28-44(62-10)29-25-42/h1,12-29,32,36-37,48-50H,30-31,33-35H2,2-10H3/t48?,49-,50-,53-,68?/m1/s1. The van der Waals surface area contributed by atoms with Gasteiger partial charge in [-0.15, -0.1) is 12.3 Å². The molecule has 2 aliphatic rings. The van der Waals surface area contributed by atoms with Gasteiger partial charge in [-0.25, -0.2) is 4.79 Å². The van der Waals surface area contributed by atoms with Crippen LogP contribution in [0.2, 0.25) is 0 Å². The van der Waals surface area contributed by atoms with E-state index in [0.717, 1.165) is 16.7 Å². The number of benzene rings is 4. The molecule has 0 radical (unpaired) electrons. The van der Waals surface area contributed by atoms with Crippen LogP contribution in [-0.4, -0.2) is 95.1 Å². The Morgan fingerprint density at radius 2 is 1.44 bits per heavy atom. The van der Waals surface area contributed by atoms with Crippen molar-refractivity contribution in [1.29, 1.82) is 0 Å². The average molecular weight is 944 g/mol. The number of rotatable bonds is 21. The second-order valence-corrected chi connectivity index (χ2v) is 20.1. The Labute approximate surface area is 400 Å². The van der Waals surface area contributed by atoms with Crippen LogP contribution in [0.4, 0.5) is 0 Å². The molecule has 2 aliphatic heterocycles. The predicted octanol–water partition coefficient (Wildman–Crippen LogP) is 8.83. The van der Waals surface area contributed by atoms with Crippen LogP contribution in [-0.2, 0) is 40.3 Å². The predicted molar refractivity (Wildman–Crippen MR) is 261 cm³/mol. The van der Waals surface area contributed by atoms with Crippen LogP contribution in [0.1, 0.15) is 92.5 Å². The van der Waals surface area contributed by atoms with Gasteiger partial charge in [0.15, 0.2) is 12.0 Å². The second-order valence-electron chi connectivity index (χ2n) is 18.4. The number of Topliss-reactive ketones (excluding diaryl/α,β-unsaturated/α-hetero) is 1. The van der Waals surface area contributed by atoms with Crippen molar-refractivity contribution in [3.05, 3.63) is 159 Å². The molecule has 68 heavy (non-hydrogen) atoms. The number of hydrogen-bond donors (Lipinski definition) is 0. The first-order chi connectivity index (χ1) is 32.5. The van der Waals surface area contributed by atoms with Crippen molar-refractivity contribution in [1.82, 2.24) is 14.2 Å². The second kappa shape index (κ2) is 21.3. The average Bonchev–Trinajstić information content (AvgIpc) is 3.81. The highest BCUT2D eigenvalue weighted by Gasteiger charge is 2.65. The van der Waals surface area contributed by atoms with E-state index in [4.69, 9.17) is 39.4 Å². The zero-order valence-corrected chi connectivity index (χ0v) is 41.2. The summed E-state index contributed by atoms with van der Waals surface area (Å²) in [4.78, 5) is 45.9. The summed E-state index contributed by atoms with van der Waals surface area (Å²) in [5.41, 5.74) is -0.184. The number of carbonyl (C=O) groups excluding carboxylic acids is 2. The number of nitrogens with zero attached hydrogens (tertiary/aromatic N) is 3. The summed E-state index contributed by atoms with van der Waals surface area (Å²) in [7, 11) is 1.48. The van der Waals surface area contributed by atoms with Crippen molar-refractivity contribution >= 4 is 20.1 Å². The van der Waals surface area contributed by atoms with Gasteiger partial charge in [-0.1, -0.05) is 84.9 Å². The molecule has 0 aliphatic carbocycles. The van der Waals surface area contributed by atoms with E-state index in [9.17, 15) is 14.4 Å². The van der Waals surface area contributed by atoms with Gasteiger partial charge in [0.1, 0.15) is 55.0 Å². The van der Waals surface area contributed by atoms with Crippen LogP contribution in [0.15, 0.2) is 120 Å². The first kappa shape index (κ1) is 50.2. The normalized spacial score (nSPS) is 19.5. The molecule has 13 nitrogen and oxygen atoms in total. The topological polar surface area (TPSA) is 137 Å². The van der Waals surface area contributed by atoms with Crippen molar-refractivity contribution < 1.29 is 42.5 Å². The molecule has 1 aromatic heterocycles. The van der Waals surface area contributed by atoms with E-state index in [0.29, 0.717) is 28.3 Å². The molecule has 4 aromatic carbocycles. The first-order valence-electron chi connectivity index (χ1n) is 22.9. The lowest BCUT2D eigenvalue weighted by Gasteiger charge is -2.42. The van der Waals surface area contributed by atoms with Gasteiger partial charge in [-0.3, -0.25) is 18.8 Å². The number of terminal acetylenes is 1. The molecule has 5 atom stereocenters. The van der Waals surface area contributed by atoms with Crippen molar-refractivity contribution in [2.45, 2.75) is 109 Å². The lowest BCUT2D eigenvalue weighted by atomic mass is 9.79. The summed E-state index contributed by atoms with van der Waals surface area (Å²) in [5.74, 6) is 3.33. The molecule has 14 heteroatoms. The monoisotopic (exact) mass is 943 g/mol. The van der Waals surface area contributed by atoms with Crippen molar-refractivity contribution in [3.63, 3.8) is 0 Å². The largest absolute Gasteiger partial charge is 0.497 e. The third-order valence-electron chi connectivity index (χ3n) is 12.4. The van der Waals surface area contributed by atoms with Crippen LogP contribution in [0, 0.1) is 19.3 Å². The van der Waals surface area contributed by atoms with E-state index in [1.807, 2.05) is 91.9 Å². The fraction of sp³-hybridized carbons (Fsp3) is 0.407. The van der Waals surface area contributed by atoms with E-state index in [2.05, 4.69) is 43.3 Å². The summed E-state index contributed by atoms with van der Waals surface area (Å²) in [6, 6.07) is 34.2. The van der Waals surface area contributed by atoms with Crippen molar-refractivity contribution in [2.75, 3.05) is 33.6 Å². The number of ketones is 1. The molecule has 7 rings (SSSR count). The minimum Gasteiger partial charge on any atom is -0.497 e. The van der Waals surface area contributed by atoms with Crippen LogP contribution < -0.4 is 15.2 Å². The Morgan fingerprint density at radius 1 is 0.882 bits per heavy atom. The highest BCUT2D eigenvalue weighted by molar-refractivity contribution is 7.51. The van der Waals surface area contributed by atoms with Gasteiger partial charge in [0, 0.05) is 30.3 Å². The smallest absolute Gasteiger partial charge is 0.350 e. The minimum atomic E-state index is -1.76. The quantitative estimate of drug-likeness (QED) is 0.0229. The van der Waals surface area contributed by atoms with Gasteiger partial charge >= 0.3 is 11.7 Å². The molecule has 358 valence electrons. The van der Waals surface area contributed by atoms with Crippen LogP contribution in [0.3, 0.4) is 0 Å². The third-order valence-corrected chi connectivity index (χ3v) is 14.8. The number of hydrogen-bond acceptors (Lipinski definition) is 12. The molecule has 2 unspecified atom stereocenters. The minimum absolute atomic E-state index is 0.0337. The lowest BCUT2D eigenvalue weighted by Crippen LogP contribution is -2.49. The first-order valence-corrected chi connectivity index (χ1v) is 24.3. The van der Waals surface area contributed by atoms with Crippen LogP contribution in [0.25, 0.3) is 0 Å². The fourth-order valence-electron chi connectivity index (χ4n) is 9.17. The highest BCUT2D eigenvalue weighted by atomic mass is 31.2. The van der Waals surface area contributed by atoms with E-state index in [1.165, 1.54) is 4.57 Å². The van der Waals surface area contributed by atoms with Gasteiger partial charge in [-0.2, -0.15) is 4.98 Å². The molecule has 0 amide bonds. The number of fused-ring (bicyclic) bond motifs is 2. The zero-order valence-electron chi connectivity index (χ0n) is 40.3. The van der Waals surface area contributed by atoms with E-state index in [-0.39, 0.29) is 50.1 Å². The fourth-order valence-corrected chi connectivity index (χ4v) is 11.4. The van der Waals surface area contributed by atoms with E-state index in [1.54, 1.807) is 58.5 Å². The molecule has 0 spiro atoms. The molecule has 2 bridgehead atoms. The molecular weight excluding hydrogens is 882 g/mol. The SMILES string of the molecule is C#CCC(C)(C)OC(=O)CP(O[C@@H]1C2OC[C@]1(COC(c1ccccc1)(c1ccc(OC)cc1)c1ccc(OC)cc1)O[C@H]2n1cc(C)c(CC(=O)c2ccccc2)nc1=O)N(C(C)C)C(C)C. The maximum Gasteiger partial charge on any atom is 0.350 e. The number of aromatic nitrogens is 2. The van der Waals surface area contributed by atoms with Crippen molar-refractivity contribution in [2.24, 2.45) is 0 Å². The Balaban J connectivity index is 1.34. The summed E-state index contributed by atoms with van der Waals surface area (Å²) in [5, 5.41) is 0. The molecule has 0 saturated carbocycles. The van der Waals surface area contributed by atoms with Gasteiger partial charge < -0.3 is 32.9 Å². The number of ether oxygens (including phenoxy) is 6. The lowest BCUT2D eigenvalue weighted by molar-refractivity contribution is -0.203. The Morgan fingerprint density at radius 3 is 1.99 bits per heavy atom. The number of esters is 1. The molecule has 5 aromatic rings. The van der Waals surface area contributed by atoms with E-state index < -0.39 is 55.2 Å². The van der Waals surface area contributed by atoms with Gasteiger partial charge in [0.05, 0.1) is 39.5 Å². The summed E-state index contributed by atoms with van der Waals surface area (Å²) in [6.07, 6.45) is 4.63. The molecule has 3 heterocycles. The highest BCUT2D eigenvalue weighted by Crippen LogP contribution is 2.56. The number of methoxy groups -OCH3 is 2. The summed E-state index contributed by atoms with van der Waals surface area (Å²) >= 11 is 0. The van der Waals surface area contributed by atoms with E-state index >= 15 is 0 Å². The summed E-state index contributed by atoms with van der Waals surface area (Å²) < 4.78 is 49.4. The van der Waals surface area contributed by atoms with Crippen molar-refractivity contribution in [3.8, 4) is 23.8 Å². The van der Waals surface area contributed by atoms with Gasteiger partial charge in [0.25, 0.3) is 0 Å². The maximum absolute atomic E-state index is 14.2. The Kier molecular flexibility index (Phi) is 15.7. The third kappa shape index (κ3) is 10.6. The zero-order chi connectivity index (χ0) is 48.8. The molecule has 2 saturated heterocycles. The van der Waals surface area contributed by atoms with Gasteiger partial charge in [0.2, 0.25) is 0 Å². The number of carbonyl (C=O) groups is 2. The Hall–Kier alpha value is -5.71. The van der Waals surface area contributed by atoms with Crippen LogP contribution in [0.5, 0.6) is 11.5 Å². The Bertz CT molecular complexity index is 2560. The summed E-state index contributed by atoms with van der Waals surface area (Å²) in [6.45, 7) is 13.5. The molecular formula is C54H62N3O10P. The van der Waals surface area contributed by atoms with Gasteiger partial charge in [-0.05, 0) is 95.0 Å². The molecule has 2 fully saturated rings.